The Balaban J connectivity index is 1.77. The van der Waals surface area contributed by atoms with Gasteiger partial charge in [0.1, 0.15) is 6.61 Å². The fourth-order valence-corrected chi connectivity index (χ4v) is 2.74. The smallest absolute Gasteiger partial charge is 0.407 e. The van der Waals surface area contributed by atoms with Gasteiger partial charge >= 0.3 is 12.1 Å². The van der Waals surface area contributed by atoms with E-state index in [0.717, 1.165) is 16.3 Å². The molecular weight excluding hydrogens is 332 g/mol. The van der Waals surface area contributed by atoms with Crippen LogP contribution in [0, 0.1) is 0 Å². The zero-order valence-electron chi connectivity index (χ0n) is 14.0. The minimum Gasteiger partial charge on any atom is -0.481 e. The van der Waals surface area contributed by atoms with Gasteiger partial charge in [0.05, 0.1) is 12.5 Å². The third kappa shape index (κ3) is 4.36. The highest BCUT2D eigenvalue weighted by Gasteiger charge is 2.21. The lowest BCUT2D eigenvalue weighted by molar-refractivity contribution is -0.137. The molecule has 1 aromatic heterocycles. The Morgan fingerprint density at radius 3 is 2.54 bits per heavy atom. The molecular formula is C20H18N2O4. The number of amides is 1. The average Bonchev–Trinajstić information content (AvgIpc) is 2.66. The fourth-order valence-electron chi connectivity index (χ4n) is 2.74. The summed E-state index contributed by atoms with van der Waals surface area (Å²) in [4.78, 5) is 27.6. The summed E-state index contributed by atoms with van der Waals surface area (Å²) in [6.45, 7) is 0.111. The van der Waals surface area contributed by atoms with Gasteiger partial charge in [-0.25, -0.2) is 4.79 Å². The van der Waals surface area contributed by atoms with Crippen molar-refractivity contribution in [1.82, 2.24) is 10.3 Å². The van der Waals surface area contributed by atoms with Crippen molar-refractivity contribution in [3.63, 3.8) is 0 Å². The molecule has 2 aromatic carbocycles. The van der Waals surface area contributed by atoms with E-state index in [-0.39, 0.29) is 13.0 Å². The van der Waals surface area contributed by atoms with Gasteiger partial charge in [0.15, 0.2) is 0 Å². The number of carbonyl (C=O) groups is 2. The largest absolute Gasteiger partial charge is 0.481 e. The summed E-state index contributed by atoms with van der Waals surface area (Å²) in [6.07, 6.45) is 2.33. The number of carbonyl (C=O) groups excluding carboxylic acids is 1. The van der Waals surface area contributed by atoms with Gasteiger partial charge in [-0.15, -0.1) is 0 Å². The molecule has 0 spiro atoms. The number of carboxylic acids is 1. The van der Waals surface area contributed by atoms with Gasteiger partial charge in [0.2, 0.25) is 0 Å². The number of nitrogens with one attached hydrogen (secondary N) is 1. The van der Waals surface area contributed by atoms with Crippen molar-refractivity contribution in [3.05, 3.63) is 78.1 Å². The molecule has 132 valence electrons. The Hall–Kier alpha value is -3.41. The van der Waals surface area contributed by atoms with E-state index in [2.05, 4.69) is 10.3 Å². The number of carboxylic acid groups (broad SMARTS) is 1. The van der Waals surface area contributed by atoms with Crippen molar-refractivity contribution in [3.8, 4) is 0 Å². The number of ether oxygens (including phenoxy) is 1. The van der Waals surface area contributed by atoms with E-state index in [9.17, 15) is 14.7 Å². The highest BCUT2D eigenvalue weighted by Crippen LogP contribution is 2.25. The van der Waals surface area contributed by atoms with E-state index < -0.39 is 18.1 Å². The number of nitrogens with zero attached hydrogens (tertiary/aromatic N) is 1. The van der Waals surface area contributed by atoms with Crippen LogP contribution in [-0.4, -0.2) is 22.2 Å². The topological polar surface area (TPSA) is 88.5 Å². The molecule has 0 saturated carbocycles. The van der Waals surface area contributed by atoms with Crippen LogP contribution < -0.4 is 5.32 Å². The molecule has 3 rings (SSSR count). The molecule has 6 heteroatoms. The molecule has 1 atom stereocenters. The monoisotopic (exact) mass is 350 g/mol. The van der Waals surface area contributed by atoms with Crippen LogP contribution in [0.3, 0.4) is 0 Å². The van der Waals surface area contributed by atoms with Crippen molar-refractivity contribution in [2.75, 3.05) is 0 Å². The number of alkyl carbamates (subject to hydrolysis) is 1. The van der Waals surface area contributed by atoms with Gasteiger partial charge in [-0.2, -0.15) is 0 Å². The summed E-state index contributed by atoms with van der Waals surface area (Å²) in [6, 6.07) is 16.0. The minimum atomic E-state index is -1.02. The maximum Gasteiger partial charge on any atom is 0.407 e. The predicted molar refractivity (Wildman–Crippen MR) is 96.5 cm³/mol. The van der Waals surface area contributed by atoms with E-state index in [4.69, 9.17) is 4.74 Å². The molecule has 0 saturated heterocycles. The summed E-state index contributed by atoms with van der Waals surface area (Å²) in [7, 11) is 0. The standard InChI is InChI=1S/C20H18N2O4/c23-19(24)10-18(17-12-21-11-15-8-4-5-9-16(15)17)22-20(25)26-13-14-6-2-1-3-7-14/h1-9,11-12,18H,10,13H2,(H,22,25)(H,23,24). The molecule has 1 heterocycles. The first-order valence-electron chi connectivity index (χ1n) is 8.15. The van der Waals surface area contributed by atoms with Crippen molar-refractivity contribution in [1.29, 1.82) is 0 Å². The number of aliphatic carboxylic acids is 1. The van der Waals surface area contributed by atoms with Gasteiger partial charge in [-0.3, -0.25) is 9.78 Å². The van der Waals surface area contributed by atoms with Crippen molar-refractivity contribution in [2.45, 2.75) is 19.1 Å². The molecule has 26 heavy (non-hydrogen) atoms. The van der Waals surface area contributed by atoms with E-state index in [0.29, 0.717) is 5.56 Å². The van der Waals surface area contributed by atoms with Crippen LogP contribution >= 0.6 is 0 Å². The lowest BCUT2D eigenvalue weighted by Crippen LogP contribution is -2.31. The summed E-state index contributed by atoms with van der Waals surface area (Å²) < 4.78 is 5.21. The molecule has 0 fully saturated rings. The van der Waals surface area contributed by atoms with Crippen LogP contribution in [0.4, 0.5) is 4.79 Å². The van der Waals surface area contributed by atoms with Crippen molar-refractivity contribution >= 4 is 22.8 Å². The lowest BCUT2D eigenvalue weighted by atomic mass is 9.99. The second-order valence-corrected chi connectivity index (χ2v) is 5.81. The van der Waals surface area contributed by atoms with Crippen LogP contribution in [-0.2, 0) is 16.1 Å². The average molecular weight is 350 g/mol. The number of pyridine rings is 1. The maximum atomic E-state index is 12.2. The first-order chi connectivity index (χ1) is 12.6. The summed E-state index contributed by atoms with van der Waals surface area (Å²) >= 11 is 0. The first kappa shape index (κ1) is 17.4. The zero-order valence-corrected chi connectivity index (χ0v) is 14.0. The Bertz CT molecular complexity index is 907. The molecule has 1 unspecified atom stereocenters. The number of fused-ring (bicyclic) bond motifs is 1. The predicted octanol–water partition coefficient (Wildman–Crippen LogP) is 3.68. The molecule has 0 radical (unpaired) electrons. The van der Waals surface area contributed by atoms with Crippen molar-refractivity contribution < 1.29 is 19.4 Å². The van der Waals surface area contributed by atoms with Crippen LogP contribution in [0.25, 0.3) is 10.8 Å². The second kappa shape index (κ2) is 8.11. The number of benzene rings is 2. The molecule has 1 amide bonds. The molecule has 0 aliphatic carbocycles. The van der Waals surface area contributed by atoms with Gasteiger partial charge in [-0.1, -0.05) is 54.6 Å². The second-order valence-electron chi connectivity index (χ2n) is 5.81. The Labute approximate surface area is 150 Å². The van der Waals surface area contributed by atoms with E-state index in [1.165, 1.54) is 0 Å². The highest BCUT2D eigenvalue weighted by molar-refractivity contribution is 5.86. The maximum absolute atomic E-state index is 12.2. The lowest BCUT2D eigenvalue weighted by Gasteiger charge is -2.18. The van der Waals surface area contributed by atoms with Gasteiger partial charge in [0.25, 0.3) is 0 Å². The van der Waals surface area contributed by atoms with Crippen LogP contribution in [0.5, 0.6) is 0 Å². The quantitative estimate of drug-likeness (QED) is 0.708. The van der Waals surface area contributed by atoms with Crippen LogP contribution in [0.2, 0.25) is 0 Å². The Morgan fingerprint density at radius 1 is 1.04 bits per heavy atom. The summed E-state index contributed by atoms with van der Waals surface area (Å²) in [5.74, 6) is -1.02. The molecule has 3 aromatic rings. The molecule has 0 aliphatic rings. The number of hydrogen-bond acceptors (Lipinski definition) is 4. The minimum absolute atomic E-state index is 0.111. The third-order valence-electron chi connectivity index (χ3n) is 3.96. The van der Waals surface area contributed by atoms with Gasteiger partial charge in [0, 0.05) is 23.3 Å². The summed E-state index contributed by atoms with van der Waals surface area (Å²) in [5, 5.41) is 13.6. The Morgan fingerprint density at radius 2 is 1.77 bits per heavy atom. The van der Waals surface area contributed by atoms with Gasteiger partial charge in [-0.05, 0) is 10.9 Å². The number of aromatic nitrogens is 1. The van der Waals surface area contributed by atoms with Gasteiger partial charge < -0.3 is 15.2 Å². The third-order valence-corrected chi connectivity index (χ3v) is 3.96. The first-order valence-corrected chi connectivity index (χ1v) is 8.15. The van der Waals surface area contributed by atoms with E-state index >= 15 is 0 Å². The fraction of sp³-hybridized carbons (Fsp3) is 0.150. The molecule has 2 N–H and O–H groups in total. The van der Waals surface area contributed by atoms with Crippen LogP contribution in [0.15, 0.2) is 67.0 Å². The van der Waals surface area contributed by atoms with Crippen LogP contribution in [0.1, 0.15) is 23.6 Å². The highest BCUT2D eigenvalue weighted by atomic mass is 16.5. The number of rotatable bonds is 6. The van der Waals surface area contributed by atoms with E-state index in [1.54, 1.807) is 12.4 Å². The normalized spacial score (nSPS) is 11.7. The molecule has 0 bridgehead atoms. The SMILES string of the molecule is O=C(O)CC(NC(=O)OCc1ccccc1)c1cncc2ccccc12. The molecule has 6 nitrogen and oxygen atoms in total. The Kier molecular flexibility index (Phi) is 5.43. The molecule has 0 aliphatic heterocycles. The van der Waals surface area contributed by atoms with E-state index in [1.807, 2.05) is 54.6 Å². The summed E-state index contributed by atoms with van der Waals surface area (Å²) in [5.41, 5.74) is 1.49. The zero-order chi connectivity index (χ0) is 18.4. The van der Waals surface area contributed by atoms with Crippen molar-refractivity contribution in [2.24, 2.45) is 0 Å². The number of hydrogen-bond donors (Lipinski definition) is 2.